The van der Waals surface area contributed by atoms with E-state index in [-0.39, 0.29) is 17.3 Å². The summed E-state index contributed by atoms with van der Waals surface area (Å²) in [5.41, 5.74) is 0. The van der Waals surface area contributed by atoms with Gasteiger partial charge in [-0.2, -0.15) is 11.8 Å². The Morgan fingerprint density at radius 2 is 2.06 bits per heavy atom. The zero-order valence-electron chi connectivity index (χ0n) is 11.3. The molecule has 5 nitrogen and oxygen atoms in total. The van der Waals surface area contributed by atoms with Crippen molar-refractivity contribution < 1.29 is 14.7 Å². The Balaban J connectivity index is 2.62. The van der Waals surface area contributed by atoms with E-state index in [1.54, 1.807) is 11.8 Å². The first-order valence-electron chi connectivity index (χ1n) is 6.25. The number of rotatable bonds is 3. The van der Waals surface area contributed by atoms with E-state index in [0.717, 1.165) is 12.2 Å². The average molecular weight is 274 g/mol. The predicted octanol–water partition coefficient (Wildman–Crippen LogP) is 1.73. The van der Waals surface area contributed by atoms with E-state index in [4.69, 9.17) is 5.11 Å². The molecule has 0 unspecified atom stereocenters. The molecule has 0 bridgehead atoms. The average Bonchev–Trinajstić information content (AvgIpc) is 2.46. The maximum Gasteiger partial charge on any atom is 0.323 e. The second-order valence-electron chi connectivity index (χ2n) is 5.04. The van der Waals surface area contributed by atoms with Crippen molar-refractivity contribution in [2.24, 2.45) is 0 Å². The van der Waals surface area contributed by atoms with Crippen LogP contribution in [0.15, 0.2) is 0 Å². The quantitative estimate of drug-likeness (QED) is 0.851. The van der Waals surface area contributed by atoms with Crippen LogP contribution in [0.1, 0.15) is 27.2 Å². The minimum Gasteiger partial charge on any atom is -0.480 e. The minimum absolute atomic E-state index is 0.154. The van der Waals surface area contributed by atoms with Gasteiger partial charge >= 0.3 is 12.0 Å². The van der Waals surface area contributed by atoms with Gasteiger partial charge in [-0.1, -0.05) is 13.8 Å². The van der Waals surface area contributed by atoms with Crippen LogP contribution in [0.3, 0.4) is 0 Å². The predicted molar refractivity (Wildman–Crippen MR) is 73.0 cm³/mol. The Labute approximate surface area is 113 Å². The Bertz CT molecular complexity index is 320. The second-order valence-corrected chi connectivity index (χ2v) is 6.84. The molecule has 0 aromatic heterocycles. The van der Waals surface area contributed by atoms with Crippen molar-refractivity contribution in [2.75, 3.05) is 31.9 Å². The molecule has 104 valence electrons. The number of hydrogen-bond acceptors (Lipinski definition) is 3. The van der Waals surface area contributed by atoms with Crippen molar-refractivity contribution in [1.29, 1.82) is 0 Å². The molecule has 1 fully saturated rings. The first-order valence-corrected chi connectivity index (χ1v) is 7.24. The monoisotopic (exact) mass is 274 g/mol. The third-order valence-corrected chi connectivity index (χ3v) is 4.46. The van der Waals surface area contributed by atoms with Crippen LogP contribution >= 0.6 is 11.8 Å². The Morgan fingerprint density at radius 3 is 2.61 bits per heavy atom. The van der Waals surface area contributed by atoms with Gasteiger partial charge in [0.2, 0.25) is 0 Å². The van der Waals surface area contributed by atoms with E-state index in [1.807, 2.05) is 11.8 Å². The number of carbonyl (C=O) groups excluding carboxylic acids is 1. The van der Waals surface area contributed by atoms with Crippen LogP contribution in [0.25, 0.3) is 0 Å². The fourth-order valence-corrected chi connectivity index (χ4v) is 2.99. The van der Waals surface area contributed by atoms with Crippen LogP contribution in [-0.2, 0) is 4.79 Å². The maximum atomic E-state index is 12.2. The molecule has 1 heterocycles. The molecule has 0 radical (unpaired) electrons. The number of likely N-dealkylation sites (N-methyl/N-ethyl adjacent to an activating group) is 1. The lowest BCUT2D eigenvalue weighted by molar-refractivity contribution is -0.137. The number of hydrogen-bond donors (Lipinski definition) is 1. The molecule has 0 atom stereocenters. The molecule has 0 saturated carbocycles. The highest BCUT2D eigenvalue weighted by atomic mass is 32.2. The highest BCUT2D eigenvalue weighted by molar-refractivity contribution is 8.00. The molecule has 18 heavy (non-hydrogen) atoms. The number of urea groups is 1. The second kappa shape index (κ2) is 6.31. The number of nitrogens with zero attached hydrogens (tertiary/aromatic N) is 2. The van der Waals surface area contributed by atoms with Crippen LogP contribution in [0.4, 0.5) is 4.79 Å². The third kappa shape index (κ3) is 4.40. The maximum absolute atomic E-state index is 12.2. The van der Waals surface area contributed by atoms with Crippen molar-refractivity contribution in [2.45, 2.75) is 31.9 Å². The van der Waals surface area contributed by atoms with Crippen LogP contribution < -0.4 is 0 Å². The number of carbonyl (C=O) groups is 2. The molecule has 1 N–H and O–H groups in total. The van der Waals surface area contributed by atoms with E-state index in [0.29, 0.717) is 19.6 Å². The molecule has 0 aromatic carbocycles. The smallest absolute Gasteiger partial charge is 0.323 e. The molecule has 2 amide bonds. The van der Waals surface area contributed by atoms with Crippen LogP contribution in [0, 0.1) is 0 Å². The molecule has 1 saturated heterocycles. The molecule has 1 aliphatic rings. The van der Waals surface area contributed by atoms with E-state index in [1.165, 1.54) is 4.90 Å². The van der Waals surface area contributed by atoms with Crippen molar-refractivity contribution >= 4 is 23.8 Å². The lowest BCUT2D eigenvalue weighted by Gasteiger charge is -2.28. The molecular weight excluding hydrogens is 252 g/mol. The molecule has 0 aliphatic carbocycles. The Morgan fingerprint density at radius 1 is 1.39 bits per heavy atom. The number of thioether (sulfide) groups is 1. The van der Waals surface area contributed by atoms with Crippen LogP contribution in [0.5, 0.6) is 0 Å². The van der Waals surface area contributed by atoms with Crippen LogP contribution in [-0.4, -0.2) is 63.6 Å². The van der Waals surface area contributed by atoms with Crippen molar-refractivity contribution in [3.8, 4) is 0 Å². The van der Waals surface area contributed by atoms with Gasteiger partial charge in [0.05, 0.1) is 0 Å². The van der Waals surface area contributed by atoms with Crippen molar-refractivity contribution in [1.82, 2.24) is 9.80 Å². The van der Waals surface area contributed by atoms with Gasteiger partial charge < -0.3 is 14.9 Å². The van der Waals surface area contributed by atoms with E-state index >= 15 is 0 Å². The fraction of sp³-hybridized carbons (Fsp3) is 0.833. The van der Waals surface area contributed by atoms with Crippen LogP contribution in [0.2, 0.25) is 0 Å². The Kier molecular flexibility index (Phi) is 5.31. The van der Waals surface area contributed by atoms with Crippen molar-refractivity contribution in [3.63, 3.8) is 0 Å². The minimum atomic E-state index is -0.963. The van der Waals surface area contributed by atoms with Gasteiger partial charge in [-0.3, -0.25) is 4.79 Å². The molecule has 1 rings (SSSR count). The van der Waals surface area contributed by atoms with Crippen molar-refractivity contribution in [3.05, 3.63) is 0 Å². The molecule has 0 spiro atoms. The summed E-state index contributed by atoms with van der Waals surface area (Å²) in [6.07, 6.45) is 0.939. The zero-order valence-corrected chi connectivity index (χ0v) is 12.1. The van der Waals surface area contributed by atoms with E-state index in [9.17, 15) is 9.59 Å². The highest BCUT2D eigenvalue weighted by Crippen LogP contribution is 2.30. The number of amides is 2. The number of carboxylic acids is 1. The van der Waals surface area contributed by atoms with Gasteiger partial charge in [0.25, 0.3) is 0 Å². The molecule has 6 heteroatoms. The summed E-state index contributed by atoms with van der Waals surface area (Å²) >= 11 is 1.87. The molecule has 1 aliphatic heterocycles. The normalized spacial score (nSPS) is 19.2. The lowest BCUT2D eigenvalue weighted by Crippen LogP contribution is -2.46. The topological polar surface area (TPSA) is 60.9 Å². The molecule has 0 aromatic rings. The SMILES string of the molecule is CCN(CC(=O)O)C(=O)N1CCSC(C)(C)CC1. The first-order chi connectivity index (χ1) is 8.35. The summed E-state index contributed by atoms with van der Waals surface area (Å²) in [7, 11) is 0. The van der Waals surface area contributed by atoms with Gasteiger partial charge in [0.1, 0.15) is 6.54 Å². The third-order valence-electron chi connectivity index (χ3n) is 3.09. The first kappa shape index (κ1) is 15.1. The van der Waals surface area contributed by atoms with Gasteiger partial charge in [-0.25, -0.2) is 4.79 Å². The summed E-state index contributed by atoms with van der Waals surface area (Å²) in [5.74, 6) is -0.0571. The number of carboxylic acid groups (broad SMARTS) is 1. The summed E-state index contributed by atoms with van der Waals surface area (Å²) in [5, 5.41) is 8.78. The molecular formula is C12H22N2O3S. The van der Waals surface area contributed by atoms with Gasteiger partial charge in [0.15, 0.2) is 0 Å². The zero-order chi connectivity index (χ0) is 13.8. The number of aliphatic carboxylic acids is 1. The standard InChI is InChI=1S/C12H22N2O3S/c1-4-13(9-10(15)16)11(17)14-6-5-12(2,3)18-8-7-14/h4-9H2,1-3H3,(H,15,16). The van der Waals surface area contributed by atoms with Gasteiger partial charge in [0, 0.05) is 30.1 Å². The largest absolute Gasteiger partial charge is 0.480 e. The fourth-order valence-electron chi connectivity index (χ4n) is 1.89. The van der Waals surface area contributed by atoms with Gasteiger partial charge in [-0.05, 0) is 13.3 Å². The summed E-state index contributed by atoms with van der Waals surface area (Å²) in [6, 6.07) is -0.154. The summed E-state index contributed by atoms with van der Waals surface area (Å²) in [4.78, 5) is 26.1. The van der Waals surface area contributed by atoms with E-state index < -0.39 is 5.97 Å². The Hall–Kier alpha value is -0.910. The summed E-state index contributed by atoms with van der Waals surface area (Å²) < 4.78 is 0.193. The summed E-state index contributed by atoms with van der Waals surface area (Å²) in [6.45, 7) is 7.77. The highest BCUT2D eigenvalue weighted by Gasteiger charge is 2.28. The van der Waals surface area contributed by atoms with E-state index in [2.05, 4.69) is 13.8 Å². The van der Waals surface area contributed by atoms with Gasteiger partial charge in [-0.15, -0.1) is 0 Å². The lowest BCUT2D eigenvalue weighted by atomic mass is 10.1.